The maximum Gasteiger partial charge on any atom is 0.506 e. The summed E-state index contributed by atoms with van der Waals surface area (Å²) in [4.78, 5) is 16.1. The Balaban J connectivity index is 1.33. The first-order chi connectivity index (χ1) is 21.4. The second-order valence-corrected chi connectivity index (χ2v) is 13.5. The summed E-state index contributed by atoms with van der Waals surface area (Å²) in [6, 6.07) is 31.0. The van der Waals surface area contributed by atoms with Crippen molar-refractivity contribution < 1.29 is 23.1 Å². The third kappa shape index (κ3) is 7.76. The lowest BCUT2D eigenvalue weighted by atomic mass is 9.77. The lowest BCUT2D eigenvalue weighted by Gasteiger charge is -2.37. The molecule has 3 aromatic carbocycles. The number of hydrogen-bond acceptors (Lipinski definition) is 5. The van der Waals surface area contributed by atoms with Gasteiger partial charge in [0, 0.05) is 12.7 Å². The number of rotatable bonds is 14. The lowest BCUT2D eigenvalue weighted by Crippen LogP contribution is -2.37. The third-order valence-electron chi connectivity index (χ3n) is 8.55. The number of benzene rings is 3. The molecule has 1 aliphatic carbocycles. The molecule has 0 spiro atoms. The maximum absolute atomic E-state index is 12.8. The minimum Gasteiger partial charge on any atom is -0.450 e. The second-order valence-electron chi connectivity index (χ2n) is 11.6. The molecule has 1 saturated carbocycles. The highest BCUT2D eigenvalue weighted by atomic mass is 32.2. The Morgan fingerprint density at radius 1 is 0.909 bits per heavy atom. The first kappa shape index (κ1) is 31.5. The van der Waals surface area contributed by atoms with Crippen LogP contribution < -0.4 is 4.72 Å². The Hall–Kier alpha value is -3.95. The van der Waals surface area contributed by atoms with E-state index in [1.54, 1.807) is 0 Å². The standard InChI is InChI=1S/C35H41N3O5S/c39-34(40)43-33(26-44(41,42)37-24-28-14-5-1-6-15-28)23-13-22-32-25-38(27-36-32)35(29-16-7-2-8-17-29,30-18-9-3-10-19-30)31-20-11-4-12-21-31/h2-4,7-12,16-21,25,27-28,33,37H,1,5-6,13-15,22-24,26H2,(H,39,40). The van der Waals surface area contributed by atoms with Crippen LogP contribution in [0, 0.1) is 5.92 Å². The average Bonchev–Trinajstić information content (AvgIpc) is 3.51. The molecule has 232 valence electrons. The molecule has 0 saturated heterocycles. The van der Waals surface area contributed by atoms with Crippen LogP contribution in [0.25, 0.3) is 0 Å². The first-order valence-electron chi connectivity index (χ1n) is 15.4. The van der Waals surface area contributed by atoms with Crippen molar-refractivity contribution >= 4 is 16.2 Å². The molecule has 0 bridgehead atoms. The molecule has 4 aromatic rings. The van der Waals surface area contributed by atoms with Crippen LogP contribution in [0.3, 0.4) is 0 Å². The minimum atomic E-state index is -3.69. The quantitative estimate of drug-likeness (QED) is 0.122. The molecule has 5 rings (SSSR count). The fraction of sp³-hybridized carbons (Fsp3) is 0.371. The van der Waals surface area contributed by atoms with Gasteiger partial charge in [-0.05, 0) is 54.7 Å². The molecule has 8 nitrogen and oxygen atoms in total. The van der Waals surface area contributed by atoms with Gasteiger partial charge in [0.1, 0.15) is 17.4 Å². The number of nitrogens with one attached hydrogen (secondary N) is 1. The number of carboxylic acid groups (broad SMARTS) is 1. The number of hydrogen-bond donors (Lipinski definition) is 2. The highest BCUT2D eigenvalue weighted by Crippen LogP contribution is 2.40. The summed E-state index contributed by atoms with van der Waals surface area (Å²) in [7, 11) is -3.69. The molecule has 1 fully saturated rings. The Kier molecular flexibility index (Phi) is 10.5. The van der Waals surface area contributed by atoms with Crippen LogP contribution in [0.4, 0.5) is 4.79 Å². The van der Waals surface area contributed by atoms with Crippen molar-refractivity contribution in [3.63, 3.8) is 0 Å². The molecular formula is C35H41N3O5S. The summed E-state index contributed by atoms with van der Waals surface area (Å²) < 4.78 is 35.5. The van der Waals surface area contributed by atoms with E-state index in [-0.39, 0.29) is 12.2 Å². The molecule has 1 aliphatic rings. The van der Waals surface area contributed by atoms with Crippen LogP contribution in [0.5, 0.6) is 0 Å². The maximum atomic E-state index is 12.8. The smallest absolute Gasteiger partial charge is 0.450 e. The van der Waals surface area contributed by atoms with Crippen molar-refractivity contribution in [2.45, 2.75) is 63.0 Å². The zero-order chi connectivity index (χ0) is 30.8. The van der Waals surface area contributed by atoms with Crippen LogP contribution in [0.2, 0.25) is 0 Å². The summed E-state index contributed by atoms with van der Waals surface area (Å²) in [5.74, 6) is -0.0539. The summed E-state index contributed by atoms with van der Waals surface area (Å²) in [5, 5.41) is 9.30. The van der Waals surface area contributed by atoms with Crippen molar-refractivity contribution in [1.82, 2.24) is 14.3 Å². The number of nitrogens with zero attached hydrogens (tertiary/aromatic N) is 2. The molecule has 0 aliphatic heterocycles. The van der Waals surface area contributed by atoms with Crippen molar-refractivity contribution in [3.8, 4) is 0 Å². The second kappa shape index (κ2) is 14.7. The van der Waals surface area contributed by atoms with Gasteiger partial charge in [-0.25, -0.2) is 22.9 Å². The van der Waals surface area contributed by atoms with Crippen molar-refractivity contribution in [2.75, 3.05) is 12.3 Å². The SMILES string of the molecule is O=C(O)OC(CCCc1cn(C(c2ccccc2)(c2ccccc2)c2ccccc2)cn1)CS(=O)(=O)NCC1CCCCC1. The summed E-state index contributed by atoms with van der Waals surface area (Å²) in [5.41, 5.74) is 3.40. The Bertz CT molecular complexity index is 1470. The molecule has 1 aromatic heterocycles. The van der Waals surface area contributed by atoms with Gasteiger partial charge in [-0.1, -0.05) is 110 Å². The first-order valence-corrected chi connectivity index (χ1v) is 17.1. The molecule has 1 heterocycles. The average molecular weight is 616 g/mol. The Morgan fingerprint density at radius 2 is 1.45 bits per heavy atom. The highest BCUT2D eigenvalue weighted by molar-refractivity contribution is 7.89. The van der Waals surface area contributed by atoms with E-state index in [1.807, 2.05) is 67.1 Å². The van der Waals surface area contributed by atoms with Gasteiger partial charge in [-0.2, -0.15) is 0 Å². The normalized spacial score (nSPS) is 15.1. The monoisotopic (exact) mass is 615 g/mol. The van der Waals surface area contributed by atoms with E-state index in [9.17, 15) is 18.3 Å². The van der Waals surface area contributed by atoms with E-state index in [4.69, 9.17) is 9.72 Å². The molecule has 44 heavy (non-hydrogen) atoms. The van der Waals surface area contributed by atoms with Gasteiger partial charge in [0.25, 0.3) is 0 Å². The molecule has 0 amide bonds. The van der Waals surface area contributed by atoms with Crippen molar-refractivity contribution in [2.24, 2.45) is 5.92 Å². The number of ether oxygens (including phenoxy) is 1. The van der Waals surface area contributed by atoms with Crippen LogP contribution in [0.1, 0.15) is 67.3 Å². The fourth-order valence-corrected chi connectivity index (χ4v) is 7.76. The lowest BCUT2D eigenvalue weighted by molar-refractivity contribution is 0.0562. The summed E-state index contributed by atoms with van der Waals surface area (Å²) >= 11 is 0. The number of imidazole rings is 1. The van der Waals surface area contributed by atoms with Gasteiger partial charge in [0.05, 0.1) is 12.0 Å². The number of aromatic nitrogens is 2. The largest absolute Gasteiger partial charge is 0.506 e. The molecule has 2 N–H and O–H groups in total. The van der Waals surface area contributed by atoms with E-state index in [0.717, 1.165) is 48.1 Å². The Morgan fingerprint density at radius 3 is 1.98 bits per heavy atom. The predicted molar refractivity (Wildman–Crippen MR) is 171 cm³/mol. The van der Waals surface area contributed by atoms with Gasteiger partial charge in [-0.3, -0.25) is 0 Å². The zero-order valence-electron chi connectivity index (χ0n) is 24.9. The van der Waals surface area contributed by atoms with E-state index in [0.29, 0.717) is 25.3 Å². The van der Waals surface area contributed by atoms with E-state index < -0.39 is 27.8 Å². The van der Waals surface area contributed by atoms with E-state index >= 15 is 0 Å². The summed E-state index contributed by atoms with van der Waals surface area (Å²) in [6.45, 7) is 0.394. The topological polar surface area (TPSA) is 111 Å². The molecule has 0 radical (unpaired) electrons. The Labute approximate surface area is 260 Å². The fourth-order valence-electron chi connectivity index (χ4n) is 6.43. The van der Waals surface area contributed by atoms with E-state index in [2.05, 4.69) is 45.7 Å². The zero-order valence-corrected chi connectivity index (χ0v) is 25.7. The van der Waals surface area contributed by atoms with Crippen LogP contribution in [0.15, 0.2) is 104 Å². The van der Waals surface area contributed by atoms with Crippen molar-refractivity contribution in [3.05, 3.63) is 126 Å². The van der Waals surface area contributed by atoms with Crippen LogP contribution >= 0.6 is 0 Å². The number of carbonyl (C=O) groups is 1. The van der Waals surface area contributed by atoms with Crippen LogP contribution in [-0.4, -0.2) is 47.6 Å². The highest BCUT2D eigenvalue weighted by Gasteiger charge is 2.38. The summed E-state index contributed by atoms with van der Waals surface area (Å²) in [6.07, 6.45) is 8.23. The molecule has 9 heteroatoms. The van der Waals surface area contributed by atoms with Gasteiger partial charge >= 0.3 is 6.16 Å². The minimum absolute atomic E-state index is 0.269. The van der Waals surface area contributed by atoms with Gasteiger partial charge in [-0.15, -0.1) is 0 Å². The van der Waals surface area contributed by atoms with Crippen LogP contribution in [-0.2, 0) is 26.7 Å². The van der Waals surface area contributed by atoms with Gasteiger partial charge in [0.2, 0.25) is 10.0 Å². The molecule has 1 atom stereocenters. The van der Waals surface area contributed by atoms with E-state index in [1.165, 1.54) is 6.42 Å². The third-order valence-corrected chi connectivity index (χ3v) is 9.96. The number of sulfonamides is 1. The molecule has 1 unspecified atom stereocenters. The van der Waals surface area contributed by atoms with Gasteiger partial charge in [0.15, 0.2) is 0 Å². The van der Waals surface area contributed by atoms with Crippen molar-refractivity contribution in [1.29, 1.82) is 0 Å². The predicted octanol–water partition coefficient (Wildman–Crippen LogP) is 6.61. The van der Waals surface area contributed by atoms with Gasteiger partial charge < -0.3 is 14.4 Å². The number of aryl methyl sites for hydroxylation is 1. The molecular weight excluding hydrogens is 574 g/mol.